The fourth-order valence-electron chi connectivity index (χ4n) is 5.63. The monoisotopic (exact) mass is 419 g/mol. The first-order valence-corrected chi connectivity index (χ1v) is 11.1. The van der Waals surface area contributed by atoms with Gasteiger partial charge in [0.25, 0.3) is 5.91 Å². The molecule has 30 heavy (non-hydrogen) atoms. The number of hydrogen-bond donors (Lipinski definition) is 2. The summed E-state index contributed by atoms with van der Waals surface area (Å²) in [5.74, 6) is 2.59. The van der Waals surface area contributed by atoms with E-state index in [4.69, 9.17) is 14.2 Å². The van der Waals surface area contributed by atoms with Gasteiger partial charge in [-0.15, -0.1) is 0 Å². The minimum absolute atomic E-state index is 0.115. The van der Waals surface area contributed by atoms with E-state index >= 15 is 0 Å². The molecule has 4 aliphatic rings. The van der Waals surface area contributed by atoms with Crippen molar-refractivity contribution < 1.29 is 29.1 Å². The molecule has 0 aromatic heterocycles. The summed E-state index contributed by atoms with van der Waals surface area (Å²) >= 11 is 0. The van der Waals surface area contributed by atoms with Crippen molar-refractivity contribution in [2.75, 3.05) is 7.05 Å². The summed E-state index contributed by atoms with van der Waals surface area (Å²) in [6.45, 7) is 4.50. The second kappa shape index (κ2) is 9.22. The summed E-state index contributed by atoms with van der Waals surface area (Å²) < 4.78 is 18.6. The van der Waals surface area contributed by atoms with Crippen LogP contribution in [0, 0.1) is 29.6 Å². The van der Waals surface area contributed by atoms with E-state index in [9.17, 15) is 10.1 Å². The summed E-state index contributed by atoms with van der Waals surface area (Å²) in [4.78, 5) is 16.5. The largest absolute Gasteiger partial charge is 0.465 e. The van der Waals surface area contributed by atoms with E-state index < -0.39 is 18.9 Å². The Balaban J connectivity index is 1.51. The third-order valence-electron chi connectivity index (χ3n) is 7.33. The van der Waals surface area contributed by atoms with Gasteiger partial charge in [0.1, 0.15) is 5.76 Å². The van der Waals surface area contributed by atoms with Crippen LogP contribution >= 0.6 is 0 Å². The van der Waals surface area contributed by atoms with Crippen LogP contribution in [-0.4, -0.2) is 37.1 Å². The number of allylic oxidation sites excluding steroid dienone is 3. The molecule has 1 amide bonds. The molecule has 2 saturated heterocycles. The van der Waals surface area contributed by atoms with E-state index in [1.807, 2.05) is 18.2 Å². The topological polar surface area (TPSA) is 86.3 Å². The third-order valence-corrected chi connectivity index (χ3v) is 7.33. The Hall–Kier alpha value is -1.67. The Morgan fingerprint density at radius 2 is 1.90 bits per heavy atom. The first-order chi connectivity index (χ1) is 14.5. The summed E-state index contributed by atoms with van der Waals surface area (Å²) in [7, 11) is 1.62. The van der Waals surface area contributed by atoms with Crippen molar-refractivity contribution in [1.29, 1.82) is 0 Å². The van der Waals surface area contributed by atoms with Crippen LogP contribution in [0.4, 0.5) is 0 Å². The molecule has 2 N–H and O–H groups in total. The number of carbonyl (C=O) groups excluding carboxylic acids is 1. The fraction of sp³-hybridized carbons (Fsp3) is 0.696. The number of ether oxygens (including phenoxy) is 3. The molecule has 0 aromatic rings. The molecule has 0 bridgehead atoms. The molecule has 6 unspecified atom stereocenters. The molecule has 8 atom stereocenters. The number of likely N-dealkylation sites (N-methyl/N-ethyl adjacent to an activating group) is 1. The molecule has 2 aliphatic heterocycles. The van der Waals surface area contributed by atoms with Crippen molar-refractivity contribution in [3.05, 3.63) is 35.6 Å². The summed E-state index contributed by atoms with van der Waals surface area (Å²) in [6.07, 6.45) is 10.4. The van der Waals surface area contributed by atoms with Gasteiger partial charge in [-0.05, 0) is 55.2 Å². The molecule has 4 rings (SSSR count). The van der Waals surface area contributed by atoms with Gasteiger partial charge in [0.2, 0.25) is 6.29 Å². The number of hydrogen-bond acceptors (Lipinski definition) is 6. The molecule has 2 aliphatic carbocycles. The van der Waals surface area contributed by atoms with Crippen LogP contribution < -0.4 is 5.32 Å². The highest BCUT2D eigenvalue weighted by Crippen LogP contribution is 2.52. The van der Waals surface area contributed by atoms with Crippen LogP contribution in [0.2, 0.25) is 0 Å². The van der Waals surface area contributed by atoms with E-state index in [0.717, 1.165) is 12.8 Å². The van der Waals surface area contributed by atoms with Crippen molar-refractivity contribution in [1.82, 2.24) is 5.32 Å². The SMILES string of the molecule is CNC(=O)C1=CCC=C(OC2OC3O[C@H](OO)CCC4C3C(CC[C@H]4C)C2C)C=C1. The van der Waals surface area contributed by atoms with Crippen molar-refractivity contribution in [3.63, 3.8) is 0 Å². The zero-order chi connectivity index (χ0) is 21.3. The minimum atomic E-state index is -0.668. The van der Waals surface area contributed by atoms with Crippen LogP contribution in [0.1, 0.15) is 46.0 Å². The number of amides is 1. The summed E-state index contributed by atoms with van der Waals surface area (Å²) in [5.41, 5.74) is 0.615. The van der Waals surface area contributed by atoms with E-state index in [2.05, 4.69) is 24.1 Å². The van der Waals surface area contributed by atoms with E-state index in [1.54, 1.807) is 13.1 Å². The zero-order valence-corrected chi connectivity index (χ0v) is 18.0. The van der Waals surface area contributed by atoms with Gasteiger partial charge in [0, 0.05) is 30.9 Å². The molecule has 0 aromatic carbocycles. The molecular weight excluding hydrogens is 386 g/mol. The Morgan fingerprint density at radius 1 is 1.10 bits per heavy atom. The average Bonchev–Trinajstić information content (AvgIpc) is 3.10. The van der Waals surface area contributed by atoms with Gasteiger partial charge in [-0.25, -0.2) is 10.1 Å². The summed E-state index contributed by atoms with van der Waals surface area (Å²) in [6, 6.07) is 0. The average molecular weight is 420 g/mol. The lowest BCUT2D eigenvalue weighted by Gasteiger charge is -2.51. The lowest BCUT2D eigenvalue weighted by atomic mass is 9.61. The summed E-state index contributed by atoms with van der Waals surface area (Å²) in [5, 5.41) is 11.9. The standard InChI is InChI=1S/C23H33NO6/c1-13-7-10-18-14(2)22(27-16-6-4-5-15(8-9-16)21(25)24-3)29-23-20(18)17(13)11-12-19(28-23)30-26/h5-6,8-9,13-14,17-20,22-23,26H,4,7,10-12H2,1-3H3,(H,24,25)/t13-,14?,17?,18?,19-,20?,22?,23?/m1/s1. The Kier molecular flexibility index (Phi) is 6.63. The van der Waals surface area contributed by atoms with Gasteiger partial charge in [-0.1, -0.05) is 26.3 Å². The molecule has 166 valence electrons. The number of carbonyl (C=O) groups is 1. The first kappa shape index (κ1) is 21.6. The number of rotatable bonds is 4. The van der Waals surface area contributed by atoms with Crippen molar-refractivity contribution in [2.24, 2.45) is 29.6 Å². The predicted molar refractivity (Wildman–Crippen MR) is 110 cm³/mol. The molecular formula is C23H33NO6. The minimum Gasteiger partial charge on any atom is -0.465 e. The molecule has 0 spiro atoms. The van der Waals surface area contributed by atoms with Gasteiger partial charge in [0.05, 0.1) is 0 Å². The zero-order valence-electron chi connectivity index (χ0n) is 18.0. The Labute approximate surface area is 178 Å². The molecule has 3 fully saturated rings. The normalized spacial score (nSPS) is 40.9. The lowest BCUT2D eigenvalue weighted by Crippen LogP contribution is -2.53. The van der Waals surface area contributed by atoms with Crippen molar-refractivity contribution in [3.8, 4) is 0 Å². The predicted octanol–water partition coefficient (Wildman–Crippen LogP) is 3.74. The van der Waals surface area contributed by atoms with E-state index in [1.165, 1.54) is 6.42 Å². The van der Waals surface area contributed by atoms with Crippen LogP contribution in [0.15, 0.2) is 35.6 Å². The second-order valence-electron chi connectivity index (χ2n) is 8.97. The molecule has 1 saturated carbocycles. The molecule has 7 nitrogen and oxygen atoms in total. The third kappa shape index (κ3) is 4.21. The second-order valence-corrected chi connectivity index (χ2v) is 8.97. The quantitative estimate of drug-likeness (QED) is 0.533. The van der Waals surface area contributed by atoms with Crippen LogP contribution in [0.3, 0.4) is 0 Å². The number of nitrogens with one attached hydrogen (secondary N) is 1. The van der Waals surface area contributed by atoms with Gasteiger partial charge >= 0.3 is 0 Å². The van der Waals surface area contributed by atoms with E-state index in [0.29, 0.717) is 41.9 Å². The smallest absolute Gasteiger partial charge is 0.250 e. The molecule has 7 heteroatoms. The Morgan fingerprint density at radius 3 is 2.67 bits per heavy atom. The van der Waals surface area contributed by atoms with Crippen molar-refractivity contribution >= 4 is 5.91 Å². The fourth-order valence-corrected chi connectivity index (χ4v) is 5.63. The molecule has 2 heterocycles. The van der Waals surface area contributed by atoms with Gasteiger partial charge in [-0.3, -0.25) is 4.79 Å². The van der Waals surface area contributed by atoms with Crippen LogP contribution in [0.25, 0.3) is 0 Å². The highest BCUT2D eigenvalue weighted by Gasteiger charge is 2.53. The Bertz CT molecular complexity index is 731. The van der Waals surface area contributed by atoms with Gasteiger partial charge in [0.15, 0.2) is 12.6 Å². The first-order valence-electron chi connectivity index (χ1n) is 11.1. The van der Waals surface area contributed by atoms with Crippen molar-refractivity contribution in [2.45, 2.75) is 64.8 Å². The van der Waals surface area contributed by atoms with Gasteiger partial charge in [-0.2, -0.15) is 0 Å². The maximum absolute atomic E-state index is 11.9. The lowest BCUT2D eigenvalue weighted by molar-refractivity contribution is -0.402. The molecule has 0 radical (unpaired) electrons. The highest BCUT2D eigenvalue weighted by molar-refractivity contribution is 5.96. The van der Waals surface area contributed by atoms with Gasteiger partial charge < -0.3 is 19.5 Å². The maximum Gasteiger partial charge on any atom is 0.250 e. The maximum atomic E-state index is 11.9. The van der Waals surface area contributed by atoms with Crippen LogP contribution in [0.5, 0.6) is 0 Å². The van der Waals surface area contributed by atoms with E-state index in [-0.39, 0.29) is 17.7 Å². The van der Waals surface area contributed by atoms with Crippen LogP contribution in [-0.2, 0) is 23.9 Å². The highest BCUT2D eigenvalue weighted by atomic mass is 17.1.